The van der Waals surface area contributed by atoms with Gasteiger partial charge in [0.15, 0.2) is 0 Å². The van der Waals surface area contributed by atoms with Crippen LogP contribution in [0.1, 0.15) is 25.7 Å². The summed E-state index contributed by atoms with van der Waals surface area (Å²) in [5.41, 5.74) is -0.185. The van der Waals surface area contributed by atoms with Crippen LogP contribution in [-0.2, 0) is 11.3 Å². The van der Waals surface area contributed by atoms with Crippen molar-refractivity contribution in [1.82, 2.24) is 25.8 Å². The summed E-state index contributed by atoms with van der Waals surface area (Å²) in [5, 5.41) is 9.25. The molecule has 178 valence electrons. The van der Waals surface area contributed by atoms with Crippen molar-refractivity contribution < 1.29 is 19.1 Å². The van der Waals surface area contributed by atoms with Crippen molar-refractivity contribution >= 4 is 44.3 Å². The molecule has 3 N–H and O–H groups in total. The number of imide groups is 1. The molecule has 0 saturated carbocycles. The van der Waals surface area contributed by atoms with Gasteiger partial charge in [0, 0.05) is 48.5 Å². The van der Waals surface area contributed by atoms with Crippen molar-refractivity contribution in [3.63, 3.8) is 0 Å². The fraction of sp³-hybridized carbons (Fsp3) is 0.333. The standard InChI is InChI=1S/C24H23N5O4SSi/c1-33-16-3-2-15-13-29(20(30)18(15)12-16)14-24(22(31)26-23(32)27-24)7-6-17-4-5-19(34-17)21(35)28-10-8-25-9-11-28/h2-5,12,25H,8-11,13-14H2,1H3,(H2,26,27,31,32)/t24-/m1/s1. The molecular formula is C24H23N5O4SSi. The number of hydrogen-bond donors (Lipinski definition) is 3. The van der Waals surface area contributed by atoms with Crippen LogP contribution in [0, 0.1) is 11.8 Å². The number of urea groups is 1. The zero-order valence-electron chi connectivity index (χ0n) is 19.1. The number of carbonyl (C=O) groups is 3. The largest absolute Gasteiger partial charge is 0.497 e. The zero-order valence-corrected chi connectivity index (χ0v) is 20.9. The fourth-order valence-corrected chi connectivity index (χ4v) is 5.65. The Morgan fingerprint density at radius 3 is 2.71 bits per heavy atom. The molecule has 0 unspecified atom stereocenters. The van der Waals surface area contributed by atoms with E-state index in [-0.39, 0.29) is 12.5 Å². The van der Waals surface area contributed by atoms with Crippen LogP contribution < -0.4 is 20.7 Å². The Balaban J connectivity index is 1.38. The molecule has 2 fully saturated rings. The van der Waals surface area contributed by atoms with E-state index >= 15 is 0 Å². The molecule has 3 aliphatic heterocycles. The SMILES string of the molecule is COc1ccc2c(c1)C(=O)N(C[C@@]1(C#Cc3ccc(C(=[Si])N4CCNCC4)s3)NC(=O)NC1=O)C2. The lowest BCUT2D eigenvalue weighted by Gasteiger charge is -2.30. The predicted octanol–water partition coefficient (Wildman–Crippen LogP) is -0.106. The number of nitrogens with zero attached hydrogens (tertiary/aromatic N) is 2. The van der Waals surface area contributed by atoms with Crippen LogP contribution in [0.5, 0.6) is 5.75 Å². The molecule has 0 aliphatic carbocycles. The van der Waals surface area contributed by atoms with Gasteiger partial charge in [0.25, 0.3) is 11.8 Å². The fourth-order valence-electron chi connectivity index (χ4n) is 4.36. The maximum Gasteiger partial charge on any atom is 0.323 e. The number of ether oxygens (including phenoxy) is 1. The van der Waals surface area contributed by atoms with E-state index in [0.29, 0.717) is 17.9 Å². The number of fused-ring (bicyclic) bond motifs is 1. The molecule has 1 aromatic heterocycles. The average molecular weight is 506 g/mol. The van der Waals surface area contributed by atoms with E-state index in [1.165, 1.54) is 23.3 Å². The summed E-state index contributed by atoms with van der Waals surface area (Å²) in [6.45, 7) is 3.92. The Morgan fingerprint density at radius 2 is 2.00 bits per heavy atom. The molecule has 2 saturated heterocycles. The number of rotatable bonds is 5. The topological polar surface area (TPSA) is 103 Å². The first-order valence-electron chi connectivity index (χ1n) is 11.2. The highest BCUT2D eigenvalue weighted by atomic mass is 32.1. The smallest absolute Gasteiger partial charge is 0.323 e. The highest BCUT2D eigenvalue weighted by Gasteiger charge is 2.48. The monoisotopic (exact) mass is 505 g/mol. The number of methoxy groups -OCH3 is 1. The number of benzene rings is 1. The molecule has 4 heterocycles. The first-order valence-corrected chi connectivity index (χ1v) is 12.5. The average Bonchev–Trinajstić information content (AvgIpc) is 3.54. The van der Waals surface area contributed by atoms with E-state index in [2.05, 4.69) is 42.5 Å². The van der Waals surface area contributed by atoms with Crippen molar-refractivity contribution in [2.45, 2.75) is 12.1 Å². The Labute approximate surface area is 209 Å². The van der Waals surface area contributed by atoms with Crippen LogP contribution in [-0.4, -0.2) is 88.2 Å². The summed E-state index contributed by atoms with van der Waals surface area (Å²) in [6.07, 6.45) is 0. The van der Waals surface area contributed by atoms with Crippen molar-refractivity contribution in [2.75, 3.05) is 39.8 Å². The Bertz CT molecular complexity index is 1290. The molecule has 9 nitrogen and oxygen atoms in total. The minimum absolute atomic E-state index is 0.0676. The Hall–Kier alpha value is -3.46. The van der Waals surface area contributed by atoms with E-state index < -0.39 is 17.5 Å². The second kappa shape index (κ2) is 9.29. The second-order valence-corrected chi connectivity index (χ2v) is 10.1. The number of hydrogen-bond acceptors (Lipinski definition) is 7. The minimum Gasteiger partial charge on any atom is -0.497 e. The van der Waals surface area contributed by atoms with E-state index in [4.69, 9.17) is 4.74 Å². The van der Waals surface area contributed by atoms with Crippen LogP contribution in [0.3, 0.4) is 0 Å². The third kappa shape index (κ3) is 4.48. The highest BCUT2D eigenvalue weighted by Crippen LogP contribution is 2.28. The molecule has 5 rings (SSSR count). The first-order chi connectivity index (χ1) is 16.9. The maximum atomic E-state index is 13.0. The lowest BCUT2D eigenvalue weighted by atomic mass is 9.99. The Morgan fingerprint density at radius 1 is 1.20 bits per heavy atom. The lowest BCUT2D eigenvalue weighted by Crippen LogP contribution is -2.54. The van der Waals surface area contributed by atoms with Gasteiger partial charge in [0.05, 0.1) is 28.4 Å². The normalized spacial score (nSPS) is 21.2. The molecule has 2 aromatic rings. The van der Waals surface area contributed by atoms with Gasteiger partial charge in [-0.3, -0.25) is 14.9 Å². The van der Waals surface area contributed by atoms with E-state index in [0.717, 1.165) is 46.8 Å². The Kier molecular flexibility index (Phi) is 6.18. The van der Waals surface area contributed by atoms with Gasteiger partial charge >= 0.3 is 6.03 Å². The van der Waals surface area contributed by atoms with E-state index in [1.54, 1.807) is 12.1 Å². The molecule has 3 aliphatic rings. The molecule has 35 heavy (non-hydrogen) atoms. The third-order valence-electron chi connectivity index (χ3n) is 6.24. The van der Waals surface area contributed by atoms with Gasteiger partial charge in [-0.25, -0.2) is 4.79 Å². The summed E-state index contributed by atoms with van der Waals surface area (Å²) in [7, 11) is 5.30. The van der Waals surface area contributed by atoms with Crippen LogP contribution in [0.15, 0.2) is 30.3 Å². The molecule has 1 aromatic carbocycles. The summed E-state index contributed by atoms with van der Waals surface area (Å²) in [4.78, 5) is 43.5. The maximum absolute atomic E-state index is 13.0. The van der Waals surface area contributed by atoms with Gasteiger partial charge in [0.1, 0.15) is 5.75 Å². The van der Waals surface area contributed by atoms with Gasteiger partial charge < -0.3 is 25.2 Å². The molecule has 0 bridgehead atoms. The van der Waals surface area contributed by atoms with Crippen LogP contribution in [0.25, 0.3) is 0 Å². The van der Waals surface area contributed by atoms with Gasteiger partial charge in [-0.1, -0.05) is 17.9 Å². The molecule has 0 spiro atoms. The van der Waals surface area contributed by atoms with Crippen LogP contribution in [0.4, 0.5) is 4.79 Å². The van der Waals surface area contributed by atoms with Crippen molar-refractivity contribution in [1.29, 1.82) is 0 Å². The van der Waals surface area contributed by atoms with E-state index in [9.17, 15) is 14.4 Å². The van der Waals surface area contributed by atoms with E-state index in [1.807, 2.05) is 18.2 Å². The minimum atomic E-state index is -1.54. The van der Waals surface area contributed by atoms with Gasteiger partial charge in [-0.2, -0.15) is 0 Å². The number of carbonyl (C=O) groups excluding carboxylic acids is 3. The van der Waals surface area contributed by atoms with Gasteiger partial charge in [0.2, 0.25) is 5.54 Å². The number of thiophene rings is 1. The third-order valence-corrected chi connectivity index (χ3v) is 8.01. The second-order valence-electron chi connectivity index (χ2n) is 8.50. The molecule has 11 heteroatoms. The zero-order chi connectivity index (χ0) is 24.6. The summed E-state index contributed by atoms with van der Waals surface area (Å²) >= 11 is 1.50. The number of amides is 4. The van der Waals surface area contributed by atoms with Gasteiger partial charge in [-0.15, -0.1) is 11.3 Å². The molecule has 2 radical (unpaired) electrons. The number of nitrogens with one attached hydrogen (secondary N) is 3. The molecular weight excluding hydrogens is 482 g/mol. The summed E-state index contributed by atoms with van der Waals surface area (Å²) in [5.74, 6) is 5.80. The lowest BCUT2D eigenvalue weighted by molar-refractivity contribution is -0.122. The molecule has 4 amide bonds. The summed E-state index contributed by atoms with van der Waals surface area (Å²) < 4.78 is 5.23. The predicted molar refractivity (Wildman–Crippen MR) is 133 cm³/mol. The van der Waals surface area contributed by atoms with Crippen molar-refractivity contribution in [3.8, 4) is 17.6 Å². The number of piperazine rings is 1. The highest BCUT2D eigenvalue weighted by molar-refractivity contribution is 7.15. The van der Waals surface area contributed by atoms with Crippen LogP contribution in [0.2, 0.25) is 0 Å². The van der Waals surface area contributed by atoms with Gasteiger partial charge in [-0.05, 0) is 29.8 Å². The quantitative estimate of drug-likeness (QED) is 0.298. The van der Waals surface area contributed by atoms with Crippen LogP contribution >= 0.6 is 11.3 Å². The van der Waals surface area contributed by atoms with Crippen molar-refractivity contribution in [3.05, 3.63) is 51.2 Å². The first kappa shape index (κ1) is 23.3. The molecule has 1 atom stereocenters. The van der Waals surface area contributed by atoms with Crippen molar-refractivity contribution in [2.24, 2.45) is 0 Å². The summed E-state index contributed by atoms with van der Waals surface area (Å²) in [6, 6.07) is 8.55.